The number of ether oxygens (including phenoxy) is 1. The Labute approximate surface area is 166 Å². The van der Waals surface area contributed by atoms with Crippen molar-refractivity contribution in [2.24, 2.45) is 5.92 Å². The number of carbonyl (C=O) groups is 2. The Kier molecular flexibility index (Phi) is 6.82. The number of hydrogen-bond donors (Lipinski definition) is 0. The number of aryl methyl sites for hydroxylation is 1. The summed E-state index contributed by atoms with van der Waals surface area (Å²) in [5.74, 6) is -0.590. The summed E-state index contributed by atoms with van der Waals surface area (Å²) in [6.45, 7) is 8.50. The van der Waals surface area contributed by atoms with E-state index in [2.05, 4.69) is 18.4 Å². The first kappa shape index (κ1) is 21.9. The average molecular weight is 406 g/mol. The van der Waals surface area contributed by atoms with Crippen LogP contribution < -0.4 is 0 Å². The predicted octanol–water partition coefficient (Wildman–Crippen LogP) is 3.59. The third-order valence-electron chi connectivity index (χ3n) is 4.64. The fraction of sp³-hybridized carbons (Fsp3) is 0.429. The summed E-state index contributed by atoms with van der Waals surface area (Å²) in [6.07, 6.45) is 2.03. The van der Waals surface area contributed by atoms with E-state index < -0.39 is 22.4 Å². The van der Waals surface area contributed by atoms with E-state index in [0.717, 1.165) is 30.6 Å². The molecule has 0 fully saturated rings. The molecular weight excluding hydrogens is 378 g/mol. The average Bonchev–Trinajstić information content (AvgIpc) is 2.91. The van der Waals surface area contributed by atoms with Crippen LogP contribution in [0.15, 0.2) is 35.2 Å². The van der Waals surface area contributed by atoms with Crippen molar-refractivity contribution in [2.75, 3.05) is 12.9 Å². The standard InChI is InChI=1S/C21H27NO5S/c1-14(2)10-11-22-15(3)12-18(16(22)4)19(23)13-27-21(24)17-8-6-7-9-20(17)28(5,25)26/h6-9,12,14H,10-11,13H2,1-5H3. The minimum absolute atomic E-state index is 0.0693. The lowest BCUT2D eigenvalue weighted by Crippen LogP contribution is -2.17. The van der Waals surface area contributed by atoms with Crippen LogP contribution in [0.5, 0.6) is 0 Å². The third-order valence-corrected chi connectivity index (χ3v) is 5.80. The van der Waals surface area contributed by atoms with E-state index in [9.17, 15) is 18.0 Å². The number of ketones is 1. The summed E-state index contributed by atoms with van der Waals surface area (Å²) in [6, 6.07) is 7.60. The molecule has 0 radical (unpaired) electrons. The molecule has 0 saturated heterocycles. The minimum Gasteiger partial charge on any atom is -0.454 e. The first-order valence-electron chi connectivity index (χ1n) is 9.18. The highest BCUT2D eigenvalue weighted by atomic mass is 32.2. The Balaban J connectivity index is 2.13. The van der Waals surface area contributed by atoms with Crippen molar-refractivity contribution in [2.45, 2.75) is 45.6 Å². The second kappa shape index (κ2) is 8.73. The summed E-state index contributed by atoms with van der Waals surface area (Å²) >= 11 is 0. The summed E-state index contributed by atoms with van der Waals surface area (Å²) in [5.41, 5.74) is 2.27. The van der Waals surface area contributed by atoms with E-state index in [1.807, 2.05) is 13.8 Å². The molecule has 0 saturated carbocycles. The molecule has 1 aromatic heterocycles. The number of nitrogens with zero attached hydrogens (tertiary/aromatic N) is 1. The zero-order valence-corrected chi connectivity index (χ0v) is 17.8. The largest absolute Gasteiger partial charge is 0.454 e. The monoisotopic (exact) mass is 405 g/mol. The van der Waals surface area contributed by atoms with Crippen LogP contribution in [0.2, 0.25) is 0 Å². The van der Waals surface area contributed by atoms with Gasteiger partial charge >= 0.3 is 5.97 Å². The topological polar surface area (TPSA) is 82.4 Å². The van der Waals surface area contributed by atoms with Gasteiger partial charge in [-0.3, -0.25) is 4.79 Å². The Hall–Kier alpha value is -2.41. The second-order valence-electron chi connectivity index (χ2n) is 7.39. The number of hydrogen-bond acceptors (Lipinski definition) is 5. The Morgan fingerprint density at radius 2 is 1.75 bits per heavy atom. The van der Waals surface area contributed by atoms with Crippen molar-refractivity contribution in [1.29, 1.82) is 0 Å². The van der Waals surface area contributed by atoms with Crippen molar-refractivity contribution >= 4 is 21.6 Å². The van der Waals surface area contributed by atoms with Crippen molar-refractivity contribution in [3.63, 3.8) is 0 Å². The number of esters is 1. The van der Waals surface area contributed by atoms with Gasteiger partial charge in [-0.25, -0.2) is 13.2 Å². The number of rotatable bonds is 8. The van der Waals surface area contributed by atoms with Gasteiger partial charge in [0.2, 0.25) is 5.78 Å². The lowest BCUT2D eigenvalue weighted by atomic mass is 10.1. The van der Waals surface area contributed by atoms with Crippen LogP contribution in [0.4, 0.5) is 0 Å². The summed E-state index contributed by atoms with van der Waals surface area (Å²) in [7, 11) is -3.58. The maximum absolute atomic E-state index is 12.6. The minimum atomic E-state index is -3.58. The Bertz CT molecular complexity index is 986. The quantitative estimate of drug-likeness (QED) is 0.495. The first-order valence-corrected chi connectivity index (χ1v) is 11.1. The third kappa shape index (κ3) is 5.10. The fourth-order valence-electron chi connectivity index (χ4n) is 3.06. The highest BCUT2D eigenvalue weighted by molar-refractivity contribution is 7.90. The highest BCUT2D eigenvalue weighted by Crippen LogP contribution is 2.19. The Morgan fingerprint density at radius 1 is 1.11 bits per heavy atom. The van der Waals surface area contributed by atoms with Gasteiger partial charge in [0, 0.05) is 29.8 Å². The second-order valence-corrected chi connectivity index (χ2v) is 9.37. The van der Waals surface area contributed by atoms with Crippen LogP contribution in [0.1, 0.15) is 52.4 Å². The van der Waals surface area contributed by atoms with Crippen molar-refractivity contribution < 1.29 is 22.7 Å². The van der Waals surface area contributed by atoms with Gasteiger partial charge in [-0.05, 0) is 44.4 Å². The zero-order valence-electron chi connectivity index (χ0n) is 17.0. The summed E-state index contributed by atoms with van der Waals surface area (Å²) < 4.78 is 30.9. The lowest BCUT2D eigenvalue weighted by Gasteiger charge is -2.11. The number of aromatic nitrogens is 1. The molecule has 28 heavy (non-hydrogen) atoms. The summed E-state index contributed by atoms with van der Waals surface area (Å²) in [5, 5.41) is 0. The molecule has 1 aromatic carbocycles. The van der Waals surface area contributed by atoms with Gasteiger partial charge in [-0.15, -0.1) is 0 Å². The van der Waals surface area contributed by atoms with Gasteiger partial charge in [-0.1, -0.05) is 26.0 Å². The summed E-state index contributed by atoms with van der Waals surface area (Å²) in [4.78, 5) is 24.8. The van der Waals surface area contributed by atoms with Crippen LogP contribution in [-0.4, -0.2) is 37.6 Å². The van der Waals surface area contributed by atoms with Gasteiger partial charge in [0.15, 0.2) is 16.4 Å². The molecule has 1 heterocycles. The molecule has 0 aliphatic carbocycles. The van der Waals surface area contributed by atoms with E-state index in [1.165, 1.54) is 18.2 Å². The molecule has 2 aromatic rings. The van der Waals surface area contributed by atoms with Crippen molar-refractivity contribution in [3.05, 3.63) is 52.8 Å². The molecule has 0 aliphatic rings. The zero-order chi connectivity index (χ0) is 21.1. The van der Waals surface area contributed by atoms with Gasteiger partial charge < -0.3 is 9.30 Å². The SMILES string of the molecule is Cc1cc(C(=O)COC(=O)c2ccccc2S(C)(=O)=O)c(C)n1CCC(C)C. The molecule has 0 bridgehead atoms. The maximum atomic E-state index is 12.6. The number of sulfone groups is 1. The molecule has 7 heteroatoms. The lowest BCUT2D eigenvalue weighted by molar-refractivity contribution is 0.0470. The molecular formula is C21H27NO5S. The van der Waals surface area contributed by atoms with Gasteiger partial charge in [0.05, 0.1) is 10.5 Å². The molecule has 0 atom stereocenters. The number of Topliss-reactive ketones (excluding diaryl/α,β-unsaturated/α-hetero) is 1. The van der Waals surface area contributed by atoms with Gasteiger partial charge in [-0.2, -0.15) is 0 Å². The van der Waals surface area contributed by atoms with E-state index in [-0.39, 0.29) is 16.2 Å². The number of carbonyl (C=O) groups excluding carboxylic acids is 2. The van der Waals surface area contributed by atoms with Crippen LogP contribution in [0.25, 0.3) is 0 Å². The molecule has 0 aliphatic heterocycles. The van der Waals surface area contributed by atoms with Gasteiger partial charge in [0.25, 0.3) is 0 Å². The van der Waals surface area contributed by atoms with Crippen molar-refractivity contribution in [3.8, 4) is 0 Å². The van der Waals surface area contributed by atoms with E-state index in [4.69, 9.17) is 4.74 Å². The molecule has 0 unspecified atom stereocenters. The van der Waals surface area contributed by atoms with Gasteiger partial charge in [0.1, 0.15) is 0 Å². The first-order chi connectivity index (χ1) is 13.0. The van der Waals surface area contributed by atoms with E-state index in [1.54, 1.807) is 12.1 Å². The number of benzene rings is 1. The molecule has 2 rings (SSSR count). The molecule has 0 spiro atoms. The normalized spacial score (nSPS) is 11.6. The Morgan fingerprint density at radius 3 is 2.36 bits per heavy atom. The van der Waals surface area contributed by atoms with Crippen LogP contribution in [0, 0.1) is 19.8 Å². The van der Waals surface area contributed by atoms with E-state index in [0.29, 0.717) is 11.5 Å². The molecule has 0 amide bonds. The molecule has 6 nitrogen and oxygen atoms in total. The van der Waals surface area contributed by atoms with Crippen LogP contribution >= 0.6 is 0 Å². The van der Waals surface area contributed by atoms with E-state index >= 15 is 0 Å². The van der Waals surface area contributed by atoms with Crippen LogP contribution in [-0.2, 0) is 21.1 Å². The smallest absolute Gasteiger partial charge is 0.339 e. The van der Waals surface area contributed by atoms with Crippen molar-refractivity contribution in [1.82, 2.24) is 4.57 Å². The highest BCUT2D eigenvalue weighted by Gasteiger charge is 2.22. The molecule has 152 valence electrons. The predicted molar refractivity (Wildman–Crippen MR) is 108 cm³/mol. The van der Waals surface area contributed by atoms with Crippen LogP contribution in [0.3, 0.4) is 0 Å². The maximum Gasteiger partial charge on any atom is 0.339 e. The fourth-order valence-corrected chi connectivity index (χ4v) is 3.94. The molecule has 0 N–H and O–H groups in total.